The van der Waals surface area contributed by atoms with Crippen LogP contribution in [0.5, 0.6) is 0 Å². The number of nitrogens with one attached hydrogen (secondary N) is 1. The predicted molar refractivity (Wildman–Crippen MR) is 78.6 cm³/mol. The van der Waals surface area contributed by atoms with Crippen molar-refractivity contribution in [3.05, 3.63) is 63.9 Å². The van der Waals surface area contributed by atoms with Crippen LogP contribution in [0.4, 0.5) is 0 Å². The Morgan fingerprint density at radius 2 is 1.94 bits per heavy atom. The fraction of sp³-hybridized carbons (Fsp3) is 0.267. The number of aryl methyl sites for hydroxylation is 1. The Bertz CT molecular complexity index is 508. The summed E-state index contributed by atoms with van der Waals surface area (Å²) in [7, 11) is 2.00. The first kappa shape index (κ1) is 13.2. The maximum absolute atomic E-state index is 4.20. The zero-order valence-corrected chi connectivity index (χ0v) is 12.2. The van der Waals surface area contributed by atoms with Gasteiger partial charge in [0.25, 0.3) is 0 Å². The zero-order valence-electron chi connectivity index (χ0n) is 10.7. The minimum absolute atomic E-state index is 0.321. The summed E-state index contributed by atoms with van der Waals surface area (Å²) >= 11 is 3.46. The van der Waals surface area contributed by atoms with Gasteiger partial charge >= 0.3 is 0 Å². The standard InChI is InChI=1S/C15H17BrN2/c1-11-3-5-13(6-4-11)15(17-2)8-12-7-14(16)10-18-9-12/h3-7,9-10,15,17H,8H2,1-2H3. The molecule has 2 nitrogen and oxygen atoms in total. The van der Waals surface area contributed by atoms with Crippen LogP contribution in [0.25, 0.3) is 0 Å². The molecule has 0 fully saturated rings. The van der Waals surface area contributed by atoms with Gasteiger partial charge in [0.15, 0.2) is 0 Å². The predicted octanol–water partition coefficient (Wildman–Crippen LogP) is 3.66. The molecule has 1 aromatic heterocycles. The van der Waals surface area contributed by atoms with E-state index in [1.165, 1.54) is 16.7 Å². The second-order valence-electron chi connectivity index (χ2n) is 4.47. The van der Waals surface area contributed by atoms with E-state index in [9.17, 15) is 0 Å². The number of hydrogen-bond acceptors (Lipinski definition) is 2. The third-order valence-electron chi connectivity index (χ3n) is 3.03. The van der Waals surface area contributed by atoms with Crippen LogP contribution >= 0.6 is 15.9 Å². The summed E-state index contributed by atoms with van der Waals surface area (Å²) in [5.41, 5.74) is 3.82. The molecule has 0 aliphatic rings. The number of benzene rings is 1. The first-order valence-corrected chi connectivity index (χ1v) is 6.81. The Labute approximate surface area is 117 Å². The van der Waals surface area contributed by atoms with Crippen molar-refractivity contribution in [2.45, 2.75) is 19.4 Å². The van der Waals surface area contributed by atoms with E-state index in [4.69, 9.17) is 0 Å². The highest BCUT2D eigenvalue weighted by Crippen LogP contribution is 2.20. The van der Waals surface area contributed by atoms with E-state index >= 15 is 0 Å². The molecular weight excluding hydrogens is 288 g/mol. The molecule has 0 saturated carbocycles. The molecule has 1 N–H and O–H groups in total. The lowest BCUT2D eigenvalue weighted by Gasteiger charge is -2.17. The van der Waals surface area contributed by atoms with Gasteiger partial charge in [-0.25, -0.2) is 0 Å². The van der Waals surface area contributed by atoms with Crippen molar-refractivity contribution in [2.24, 2.45) is 0 Å². The van der Waals surface area contributed by atoms with Crippen molar-refractivity contribution in [1.29, 1.82) is 0 Å². The maximum atomic E-state index is 4.20. The van der Waals surface area contributed by atoms with Crippen LogP contribution in [-0.4, -0.2) is 12.0 Å². The van der Waals surface area contributed by atoms with Crippen LogP contribution in [0.2, 0.25) is 0 Å². The molecule has 1 atom stereocenters. The highest BCUT2D eigenvalue weighted by molar-refractivity contribution is 9.10. The highest BCUT2D eigenvalue weighted by atomic mass is 79.9. The fourth-order valence-corrected chi connectivity index (χ4v) is 2.40. The van der Waals surface area contributed by atoms with Gasteiger partial charge in [-0.15, -0.1) is 0 Å². The average Bonchev–Trinajstić information content (AvgIpc) is 2.37. The van der Waals surface area contributed by atoms with Crippen LogP contribution < -0.4 is 5.32 Å². The number of pyridine rings is 1. The lowest BCUT2D eigenvalue weighted by molar-refractivity contribution is 0.591. The summed E-state index contributed by atoms with van der Waals surface area (Å²) in [6.07, 6.45) is 4.67. The summed E-state index contributed by atoms with van der Waals surface area (Å²) in [6.45, 7) is 2.11. The molecule has 18 heavy (non-hydrogen) atoms. The largest absolute Gasteiger partial charge is 0.313 e. The third kappa shape index (κ3) is 3.40. The van der Waals surface area contributed by atoms with E-state index in [1.807, 2.05) is 19.4 Å². The maximum Gasteiger partial charge on any atom is 0.0410 e. The zero-order chi connectivity index (χ0) is 13.0. The highest BCUT2D eigenvalue weighted by Gasteiger charge is 2.10. The van der Waals surface area contributed by atoms with E-state index in [1.54, 1.807) is 0 Å². The molecule has 0 spiro atoms. The number of nitrogens with zero attached hydrogens (tertiary/aromatic N) is 1. The van der Waals surface area contributed by atoms with Crippen molar-refractivity contribution in [3.63, 3.8) is 0 Å². The smallest absolute Gasteiger partial charge is 0.0410 e. The third-order valence-corrected chi connectivity index (χ3v) is 3.46. The Hall–Kier alpha value is -1.19. The van der Waals surface area contributed by atoms with Crippen molar-refractivity contribution in [2.75, 3.05) is 7.05 Å². The van der Waals surface area contributed by atoms with Crippen molar-refractivity contribution >= 4 is 15.9 Å². The van der Waals surface area contributed by atoms with Crippen molar-refractivity contribution in [1.82, 2.24) is 10.3 Å². The fourth-order valence-electron chi connectivity index (χ4n) is 1.99. The molecule has 0 radical (unpaired) electrons. The van der Waals surface area contributed by atoms with E-state index in [0.29, 0.717) is 6.04 Å². The number of aromatic nitrogens is 1. The number of likely N-dealkylation sites (N-methyl/N-ethyl adjacent to an activating group) is 1. The first-order chi connectivity index (χ1) is 8.69. The average molecular weight is 305 g/mol. The van der Waals surface area contributed by atoms with E-state index in [0.717, 1.165) is 10.9 Å². The number of rotatable bonds is 4. The number of halogens is 1. The molecule has 1 aromatic carbocycles. The van der Waals surface area contributed by atoms with E-state index in [-0.39, 0.29) is 0 Å². The minimum Gasteiger partial charge on any atom is -0.313 e. The van der Waals surface area contributed by atoms with Gasteiger partial charge in [0.2, 0.25) is 0 Å². The molecule has 0 aliphatic carbocycles. The normalized spacial score (nSPS) is 12.4. The SMILES string of the molecule is CNC(Cc1cncc(Br)c1)c1ccc(C)cc1. The Morgan fingerprint density at radius 3 is 2.56 bits per heavy atom. The topological polar surface area (TPSA) is 24.9 Å². The minimum atomic E-state index is 0.321. The molecule has 0 saturated heterocycles. The molecular formula is C15H17BrN2. The summed E-state index contributed by atoms with van der Waals surface area (Å²) in [6, 6.07) is 11.1. The second-order valence-corrected chi connectivity index (χ2v) is 5.38. The quantitative estimate of drug-likeness (QED) is 0.932. The Kier molecular flexibility index (Phi) is 4.50. The van der Waals surface area contributed by atoms with Gasteiger partial charge < -0.3 is 5.32 Å². The van der Waals surface area contributed by atoms with Crippen molar-refractivity contribution < 1.29 is 0 Å². The number of hydrogen-bond donors (Lipinski definition) is 1. The van der Waals surface area contributed by atoms with Crippen LogP contribution in [0.15, 0.2) is 47.2 Å². The molecule has 0 bridgehead atoms. The summed E-state index contributed by atoms with van der Waals surface area (Å²) in [5.74, 6) is 0. The molecule has 1 unspecified atom stereocenters. The lowest BCUT2D eigenvalue weighted by Crippen LogP contribution is -2.18. The Balaban J connectivity index is 2.17. The molecule has 3 heteroatoms. The molecule has 94 valence electrons. The molecule has 1 heterocycles. The molecule has 0 amide bonds. The second kappa shape index (κ2) is 6.12. The van der Waals surface area contributed by atoms with Crippen LogP contribution in [0.3, 0.4) is 0 Å². The summed E-state index contributed by atoms with van der Waals surface area (Å²) < 4.78 is 1.03. The van der Waals surface area contributed by atoms with Gasteiger partial charge in [0.05, 0.1) is 0 Å². The monoisotopic (exact) mass is 304 g/mol. The van der Waals surface area contributed by atoms with Crippen LogP contribution in [-0.2, 0) is 6.42 Å². The van der Waals surface area contributed by atoms with Gasteiger partial charge in [0.1, 0.15) is 0 Å². The van der Waals surface area contributed by atoms with Gasteiger partial charge in [-0.2, -0.15) is 0 Å². The molecule has 0 aliphatic heterocycles. The van der Waals surface area contributed by atoms with Crippen LogP contribution in [0.1, 0.15) is 22.7 Å². The van der Waals surface area contributed by atoms with Gasteiger partial charge in [-0.3, -0.25) is 4.98 Å². The van der Waals surface area contributed by atoms with Gasteiger partial charge in [-0.1, -0.05) is 29.8 Å². The summed E-state index contributed by atoms with van der Waals surface area (Å²) in [4.78, 5) is 4.20. The van der Waals surface area contributed by atoms with Gasteiger partial charge in [0, 0.05) is 22.9 Å². The van der Waals surface area contributed by atoms with Crippen LogP contribution in [0, 0.1) is 6.92 Å². The van der Waals surface area contributed by atoms with Gasteiger partial charge in [-0.05, 0) is 53.5 Å². The van der Waals surface area contributed by atoms with E-state index in [2.05, 4.69) is 63.5 Å². The Morgan fingerprint density at radius 1 is 1.22 bits per heavy atom. The molecule has 2 aromatic rings. The van der Waals surface area contributed by atoms with E-state index < -0.39 is 0 Å². The summed E-state index contributed by atoms with van der Waals surface area (Å²) in [5, 5.41) is 3.36. The molecule has 2 rings (SSSR count). The lowest BCUT2D eigenvalue weighted by atomic mass is 9.99. The van der Waals surface area contributed by atoms with Crippen molar-refractivity contribution in [3.8, 4) is 0 Å². The first-order valence-electron chi connectivity index (χ1n) is 6.02.